The van der Waals surface area contributed by atoms with E-state index in [9.17, 15) is 4.79 Å². The van der Waals surface area contributed by atoms with Gasteiger partial charge in [-0.3, -0.25) is 4.79 Å². The third-order valence-corrected chi connectivity index (χ3v) is 2.90. The van der Waals surface area contributed by atoms with E-state index in [-0.39, 0.29) is 5.97 Å². The maximum absolute atomic E-state index is 10.5. The Labute approximate surface area is 86.3 Å². The molecule has 1 rings (SSSR count). The molecule has 0 aliphatic heterocycles. The number of ether oxygens (including phenoxy) is 1. The average molecular weight is 196 g/mol. The fraction of sp³-hybridized carbons (Fsp3) is 0.750. The minimum atomic E-state index is -0.196. The molecule has 0 unspecified atom stereocenters. The molecule has 0 amide bonds. The third kappa shape index (κ3) is 3.95. The molecule has 2 nitrogen and oxygen atoms in total. The van der Waals surface area contributed by atoms with Gasteiger partial charge in [0, 0.05) is 6.92 Å². The van der Waals surface area contributed by atoms with Crippen LogP contribution in [-0.2, 0) is 9.53 Å². The first kappa shape index (κ1) is 11.3. The molecule has 80 valence electrons. The van der Waals surface area contributed by atoms with Crippen LogP contribution < -0.4 is 0 Å². The molecule has 0 heterocycles. The van der Waals surface area contributed by atoms with Crippen molar-refractivity contribution in [3.8, 4) is 0 Å². The quantitative estimate of drug-likeness (QED) is 0.501. The molecule has 1 saturated carbocycles. The van der Waals surface area contributed by atoms with Crippen LogP contribution in [0.25, 0.3) is 0 Å². The highest BCUT2D eigenvalue weighted by Crippen LogP contribution is 2.37. The summed E-state index contributed by atoms with van der Waals surface area (Å²) in [6.45, 7) is 6.53. The molecule has 0 radical (unpaired) electrons. The Morgan fingerprint density at radius 3 is 2.50 bits per heavy atom. The van der Waals surface area contributed by atoms with Crippen molar-refractivity contribution in [2.45, 2.75) is 46.5 Å². The molecule has 0 N–H and O–H groups in total. The molecule has 2 heteroatoms. The van der Waals surface area contributed by atoms with Gasteiger partial charge in [0.25, 0.3) is 0 Å². The summed E-state index contributed by atoms with van der Waals surface area (Å²) in [5, 5.41) is 0. The molecule has 0 aromatic rings. The Balaban J connectivity index is 2.30. The first-order chi connectivity index (χ1) is 6.49. The van der Waals surface area contributed by atoms with Crippen LogP contribution in [0.1, 0.15) is 46.5 Å². The van der Waals surface area contributed by atoms with Crippen LogP contribution in [0.4, 0.5) is 0 Å². The number of hydrogen-bond acceptors (Lipinski definition) is 2. The maximum atomic E-state index is 10.5. The van der Waals surface area contributed by atoms with E-state index in [4.69, 9.17) is 4.74 Å². The Morgan fingerprint density at radius 1 is 1.43 bits per heavy atom. The van der Waals surface area contributed by atoms with Gasteiger partial charge in [-0.15, -0.1) is 0 Å². The Kier molecular flexibility index (Phi) is 3.73. The molecule has 0 aromatic carbocycles. The van der Waals surface area contributed by atoms with Crippen LogP contribution in [0.15, 0.2) is 11.6 Å². The summed E-state index contributed by atoms with van der Waals surface area (Å²) < 4.78 is 4.88. The van der Waals surface area contributed by atoms with Gasteiger partial charge in [-0.25, -0.2) is 0 Å². The highest BCUT2D eigenvalue weighted by Gasteiger charge is 2.22. The van der Waals surface area contributed by atoms with Crippen molar-refractivity contribution in [2.24, 2.45) is 5.41 Å². The molecule has 0 saturated heterocycles. The van der Waals surface area contributed by atoms with Gasteiger partial charge in [0.15, 0.2) is 0 Å². The van der Waals surface area contributed by atoms with Crippen molar-refractivity contribution >= 4 is 5.97 Å². The Morgan fingerprint density at radius 2 is 2.00 bits per heavy atom. The highest BCUT2D eigenvalue weighted by molar-refractivity contribution is 5.66. The average Bonchev–Trinajstić information content (AvgIpc) is 2.07. The van der Waals surface area contributed by atoms with E-state index in [1.807, 2.05) is 0 Å². The van der Waals surface area contributed by atoms with E-state index in [2.05, 4.69) is 19.9 Å². The lowest BCUT2D eigenvalue weighted by atomic mass is 9.75. The predicted molar refractivity (Wildman–Crippen MR) is 57.0 cm³/mol. The number of hydrogen-bond donors (Lipinski definition) is 0. The van der Waals surface area contributed by atoms with Gasteiger partial charge in [-0.05, 0) is 37.2 Å². The second-order valence-electron chi connectivity index (χ2n) is 4.83. The van der Waals surface area contributed by atoms with Crippen LogP contribution in [-0.4, -0.2) is 12.6 Å². The molecular weight excluding hydrogens is 176 g/mol. The van der Waals surface area contributed by atoms with Gasteiger partial charge < -0.3 is 4.74 Å². The van der Waals surface area contributed by atoms with Crippen molar-refractivity contribution in [3.63, 3.8) is 0 Å². The van der Waals surface area contributed by atoms with Gasteiger partial charge in [-0.2, -0.15) is 0 Å². The summed E-state index contributed by atoms with van der Waals surface area (Å²) in [5.41, 5.74) is 1.95. The topological polar surface area (TPSA) is 26.3 Å². The van der Waals surface area contributed by atoms with Crippen molar-refractivity contribution < 1.29 is 9.53 Å². The molecule has 0 bridgehead atoms. The molecule has 1 aliphatic rings. The smallest absolute Gasteiger partial charge is 0.302 e. The minimum Gasteiger partial charge on any atom is -0.462 e. The van der Waals surface area contributed by atoms with E-state index < -0.39 is 0 Å². The molecule has 1 aliphatic carbocycles. The Bertz CT molecular complexity index is 227. The summed E-state index contributed by atoms with van der Waals surface area (Å²) in [7, 11) is 0. The van der Waals surface area contributed by atoms with Crippen LogP contribution in [0.3, 0.4) is 0 Å². The second-order valence-corrected chi connectivity index (χ2v) is 4.83. The fourth-order valence-electron chi connectivity index (χ4n) is 1.73. The zero-order valence-electron chi connectivity index (χ0n) is 9.43. The molecule has 14 heavy (non-hydrogen) atoms. The van der Waals surface area contributed by atoms with E-state index in [0.717, 1.165) is 12.8 Å². The van der Waals surface area contributed by atoms with Crippen LogP contribution >= 0.6 is 0 Å². The Hall–Kier alpha value is -0.790. The molecule has 0 atom stereocenters. The number of rotatable bonds is 2. The molecule has 0 aromatic heterocycles. The standard InChI is InChI=1S/C12H20O2/c1-10(13)14-9-6-11-4-7-12(2,3)8-5-11/h6H,4-5,7-9H2,1-3H3. The zero-order chi connectivity index (χ0) is 10.6. The lowest BCUT2D eigenvalue weighted by Gasteiger charge is -2.30. The van der Waals surface area contributed by atoms with E-state index in [0.29, 0.717) is 12.0 Å². The number of allylic oxidation sites excluding steroid dienone is 1. The minimum absolute atomic E-state index is 0.196. The monoisotopic (exact) mass is 196 g/mol. The SMILES string of the molecule is CC(=O)OCC=C1CCC(C)(C)CC1. The molecule has 1 fully saturated rings. The van der Waals surface area contributed by atoms with Crippen LogP contribution in [0.2, 0.25) is 0 Å². The largest absolute Gasteiger partial charge is 0.462 e. The lowest BCUT2D eigenvalue weighted by molar-refractivity contribution is -0.139. The first-order valence-corrected chi connectivity index (χ1v) is 5.31. The van der Waals surface area contributed by atoms with E-state index in [1.165, 1.54) is 25.3 Å². The predicted octanol–water partition coefficient (Wildman–Crippen LogP) is 3.08. The van der Waals surface area contributed by atoms with Gasteiger partial charge >= 0.3 is 5.97 Å². The van der Waals surface area contributed by atoms with E-state index >= 15 is 0 Å². The van der Waals surface area contributed by atoms with E-state index in [1.54, 1.807) is 0 Å². The second kappa shape index (κ2) is 4.63. The van der Waals surface area contributed by atoms with Crippen molar-refractivity contribution in [3.05, 3.63) is 11.6 Å². The van der Waals surface area contributed by atoms with Crippen LogP contribution in [0, 0.1) is 5.41 Å². The number of carbonyl (C=O) groups is 1. The van der Waals surface area contributed by atoms with Crippen molar-refractivity contribution in [1.82, 2.24) is 0 Å². The van der Waals surface area contributed by atoms with Crippen molar-refractivity contribution in [1.29, 1.82) is 0 Å². The maximum Gasteiger partial charge on any atom is 0.302 e. The van der Waals surface area contributed by atoms with Gasteiger partial charge in [-0.1, -0.05) is 19.4 Å². The summed E-state index contributed by atoms with van der Waals surface area (Å²) >= 11 is 0. The molecule has 0 spiro atoms. The summed E-state index contributed by atoms with van der Waals surface area (Å²) in [5.74, 6) is -0.196. The summed E-state index contributed by atoms with van der Waals surface area (Å²) in [4.78, 5) is 10.5. The first-order valence-electron chi connectivity index (χ1n) is 5.31. The zero-order valence-corrected chi connectivity index (χ0v) is 9.43. The number of carbonyl (C=O) groups excluding carboxylic acids is 1. The summed E-state index contributed by atoms with van der Waals surface area (Å²) in [6.07, 6.45) is 6.89. The fourth-order valence-corrected chi connectivity index (χ4v) is 1.73. The normalized spacial score (nSPS) is 20.4. The lowest BCUT2D eigenvalue weighted by Crippen LogP contribution is -2.16. The van der Waals surface area contributed by atoms with Gasteiger partial charge in [0.05, 0.1) is 0 Å². The van der Waals surface area contributed by atoms with Gasteiger partial charge in [0.2, 0.25) is 0 Å². The van der Waals surface area contributed by atoms with Crippen molar-refractivity contribution in [2.75, 3.05) is 6.61 Å². The summed E-state index contributed by atoms with van der Waals surface area (Å²) in [6, 6.07) is 0. The highest BCUT2D eigenvalue weighted by atomic mass is 16.5. The number of esters is 1. The van der Waals surface area contributed by atoms with Gasteiger partial charge in [0.1, 0.15) is 6.61 Å². The third-order valence-electron chi connectivity index (χ3n) is 2.90. The van der Waals surface area contributed by atoms with Crippen LogP contribution in [0.5, 0.6) is 0 Å². The molecular formula is C12H20O2.